The van der Waals surface area contributed by atoms with Gasteiger partial charge in [-0.2, -0.15) is 5.10 Å². The number of carbonyl (C=O) groups is 1. The Morgan fingerprint density at radius 3 is 2.94 bits per heavy atom. The van der Waals surface area contributed by atoms with Crippen molar-refractivity contribution in [3.63, 3.8) is 0 Å². The molecule has 94 valence electrons. The number of aromatic carboxylic acids is 1. The first-order chi connectivity index (χ1) is 8.56. The number of anilines is 1. The average molecular weight is 249 g/mol. The molecule has 0 unspecified atom stereocenters. The first kappa shape index (κ1) is 12.1. The summed E-state index contributed by atoms with van der Waals surface area (Å²) in [5, 5.41) is 15.9. The first-order valence-electron chi connectivity index (χ1n) is 5.30. The van der Waals surface area contributed by atoms with Crippen LogP contribution in [0.25, 0.3) is 0 Å². The Morgan fingerprint density at radius 2 is 2.33 bits per heavy atom. The Labute approximate surface area is 103 Å². The molecule has 0 spiro atoms. The molecule has 2 N–H and O–H groups in total. The van der Waals surface area contributed by atoms with Crippen LogP contribution in [0.4, 0.5) is 10.1 Å². The van der Waals surface area contributed by atoms with Gasteiger partial charge in [0.05, 0.1) is 11.8 Å². The molecule has 0 aliphatic heterocycles. The van der Waals surface area contributed by atoms with Gasteiger partial charge in [0, 0.05) is 31.0 Å². The maximum absolute atomic E-state index is 13.0. The summed E-state index contributed by atoms with van der Waals surface area (Å²) in [6.45, 7) is 0.430. The monoisotopic (exact) mass is 249 g/mol. The van der Waals surface area contributed by atoms with E-state index >= 15 is 0 Å². The normalized spacial score (nSPS) is 10.3. The zero-order valence-electron chi connectivity index (χ0n) is 9.72. The van der Waals surface area contributed by atoms with Gasteiger partial charge in [-0.25, -0.2) is 9.18 Å². The second-order valence-electron chi connectivity index (χ2n) is 3.87. The number of nitrogens with zero attached hydrogens (tertiary/aromatic N) is 2. The molecule has 0 fully saturated rings. The second-order valence-corrected chi connectivity index (χ2v) is 3.87. The topological polar surface area (TPSA) is 67.2 Å². The van der Waals surface area contributed by atoms with Crippen LogP contribution in [0.3, 0.4) is 0 Å². The van der Waals surface area contributed by atoms with Gasteiger partial charge in [0.1, 0.15) is 5.82 Å². The molecule has 2 rings (SSSR count). The van der Waals surface area contributed by atoms with Crippen LogP contribution in [-0.2, 0) is 13.6 Å². The van der Waals surface area contributed by atoms with Crippen LogP contribution in [0.1, 0.15) is 15.9 Å². The van der Waals surface area contributed by atoms with Gasteiger partial charge in [0.15, 0.2) is 0 Å². The van der Waals surface area contributed by atoms with E-state index < -0.39 is 11.8 Å². The average Bonchev–Trinajstić information content (AvgIpc) is 2.73. The molecule has 6 heteroatoms. The Kier molecular flexibility index (Phi) is 3.27. The summed E-state index contributed by atoms with van der Waals surface area (Å²) in [5.74, 6) is -1.73. The van der Waals surface area contributed by atoms with Gasteiger partial charge in [-0.1, -0.05) is 0 Å². The molecule has 0 aliphatic rings. The van der Waals surface area contributed by atoms with Crippen molar-refractivity contribution in [3.8, 4) is 0 Å². The van der Waals surface area contributed by atoms with E-state index in [-0.39, 0.29) is 5.56 Å². The molecule has 1 aromatic heterocycles. The molecule has 5 nitrogen and oxygen atoms in total. The number of halogens is 1. The fourth-order valence-corrected chi connectivity index (χ4v) is 1.61. The molecule has 0 aliphatic carbocycles. The summed E-state index contributed by atoms with van der Waals surface area (Å²) in [4.78, 5) is 11.0. The lowest BCUT2D eigenvalue weighted by Crippen LogP contribution is -2.06. The Hall–Kier alpha value is -2.37. The van der Waals surface area contributed by atoms with Crippen molar-refractivity contribution in [1.29, 1.82) is 0 Å². The Balaban J connectivity index is 2.16. The van der Waals surface area contributed by atoms with E-state index in [0.717, 1.165) is 11.6 Å². The molecule has 0 radical (unpaired) electrons. The quantitative estimate of drug-likeness (QED) is 0.868. The highest BCUT2D eigenvalue weighted by Crippen LogP contribution is 2.18. The maximum Gasteiger partial charge on any atom is 0.337 e. The minimum absolute atomic E-state index is 0.0844. The van der Waals surface area contributed by atoms with Gasteiger partial charge >= 0.3 is 5.97 Å². The lowest BCUT2D eigenvalue weighted by atomic mass is 10.1. The minimum atomic E-state index is -1.16. The fraction of sp³-hybridized carbons (Fsp3) is 0.167. The Bertz CT molecular complexity index is 580. The standard InChI is InChI=1S/C12H12FN3O2/c1-16-7-8(6-15-16)5-14-11-3-2-9(13)4-10(11)12(17)18/h2-4,6-7,14H,5H2,1H3,(H,17,18). The predicted octanol–water partition coefficient (Wildman–Crippen LogP) is 1.87. The van der Waals surface area contributed by atoms with Crippen molar-refractivity contribution in [2.24, 2.45) is 7.05 Å². The third-order valence-corrected chi connectivity index (χ3v) is 2.45. The van der Waals surface area contributed by atoms with Crippen LogP contribution in [0.15, 0.2) is 30.6 Å². The number of aryl methyl sites for hydroxylation is 1. The van der Waals surface area contributed by atoms with Crippen molar-refractivity contribution in [2.75, 3.05) is 5.32 Å². The van der Waals surface area contributed by atoms with Crippen LogP contribution in [0.5, 0.6) is 0 Å². The predicted molar refractivity (Wildman–Crippen MR) is 63.9 cm³/mol. The summed E-state index contributed by atoms with van der Waals surface area (Å²) in [7, 11) is 1.80. The summed E-state index contributed by atoms with van der Waals surface area (Å²) < 4.78 is 14.6. The van der Waals surface area contributed by atoms with Crippen LogP contribution >= 0.6 is 0 Å². The van der Waals surface area contributed by atoms with E-state index in [0.29, 0.717) is 12.2 Å². The van der Waals surface area contributed by atoms with E-state index in [4.69, 9.17) is 5.11 Å². The summed E-state index contributed by atoms with van der Waals surface area (Å²) in [6.07, 6.45) is 3.49. The first-order valence-corrected chi connectivity index (χ1v) is 5.30. The SMILES string of the molecule is Cn1cc(CNc2ccc(F)cc2C(=O)O)cn1. The number of carboxylic acid groups (broad SMARTS) is 1. The number of rotatable bonds is 4. The highest BCUT2D eigenvalue weighted by atomic mass is 19.1. The van der Waals surface area contributed by atoms with Gasteiger partial charge < -0.3 is 10.4 Å². The van der Waals surface area contributed by atoms with Crippen LogP contribution < -0.4 is 5.32 Å². The molecule has 0 amide bonds. The molecule has 2 aromatic rings. The number of nitrogens with one attached hydrogen (secondary N) is 1. The van der Waals surface area contributed by atoms with Crippen molar-refractivity contribution in [1.82, 2.24) is 9.78 Å². The van der Waals surface area contributed by atoms with E-state index in [2.05, 4.69) is 10.4 Å². The largest absolute Gasteiger partial charge is 0.478 e. The van der Waals surface area contributed by atoms with Crippen molar-refractivity contribution in [3.05, 3.63) is 47.5 Å². The molecular formula is C12H12FN3O2. The highest BCUT2D eigenvalue weighted by molar-refractivity contribution is 5.94. The van der Waals surface area contributed by atoms with Gasteiger partial charge in [0.25, 0.3) is 0 Å². The van der Waals surface area contributed by atoms with Crippen molar-refractivity contribution in [2.45, 2.75) is 6.54 Å². The van der Waals surface area contributed by atoms with Crippen LogP contribution in [0.2, 0.25) is 0 Å². The Morgan fingerprint density at radius 1 is 1.56 bits per heavy atom. The van der Waals surface area contributed by atoms with Gasteiger partial charge in [0.2, 0.25) is 0 Å². The molecule has 1 heterocycles. The van der Waals surface area contributed by atoms with E-state index in [1.807, 2.05) is 6.20 Å². The number of carboxylic acids is 1. The van der Waals surface area contributed by atoms with Gasteiger partial charge in [-0.05, 0) is 18.2 Å². The zero-order chi connectivity index (χ0) is 13.1. The number of hydrogen-bond acceptors (Lipinski definition) is 3. The molecule has 18 heavy (non-hydrogen) atoms. The zero-order valence-corrected chi connectivity index (χ0v) is 9.72. The van der Waals surface area contributed by atoms with Gasteiger partial charge in [-0.3, -0.25) is 4.68 Å². The number of benzene rings is 1. The lowest BCUT2D eigenvalue weighted by Gasteiger charge is -2.08. The third-order valence-electron chi connectivity index (χ3n) is 2.45. The van der Waals surface area contributed by atoms with Crippen molar-refractivity contribution >= 4 is 11.7 Å². The highest BCUT2D eigenvalue weighted by Gasteiger charge is 2.11. The molecule has 0 bridgehead atoms. The molecule has 1 aromatic carbocycles. The summed E-state index contributed by atoms with van der Waals surface area (Å²) in [5.41, 5.74) is 1.21. The fourth-order valence-electron chi connectivity index (χ4n) is 1.61. The second kappa shape index (κ2) is 4.87. The van der Waals surface area contributed by atoms with Crippen LogP contribution in [-0.4, -0.2) is 20.9 Å². The van der Waals surface area contributed by atoms with Crippen molar-refractivity contribution < 1.29 is 14.3 Å². The molecular weight excluding hydrogens is 237 g/mol. The molecule has 0 saturated carbocycles. The number of aromatic nitrogens is 2. The number of hydrogen-bond donors (Lipinski definition) is 2. The van der Waals surface area contributed by atoms with Gasteiger partial charge in [-0.15, -0.1) is 0 Å². The third kappa shape index (κ3) is 2.65. The smallest absolute Gasteiger partial charge is 0.337 e. The van der Waals surface area contributed by atoms with Crippen LogP contribution in [0, 0.1) is 5.82 Å². The summed E-state index contributed by atoms with van der Waals surface area (Å²) >= 11 is 0. The van der Waals surface area contributed by atoms with E-state index in [1.54, 1.807) is 17.9 Å². The maximum atomic E-state index is 13.0. The molecule has 0 atom stereocenters. The van der Waals surface area contributed by atoms with E-state index in [1.165, 1.54) is 12.1 Å². The van der Waals surface area contributed by atoms with E-state index in [9.17, 15) is 9.18 Å². The summed E-state index contributed by atoms with van der Waals surface area (Å²) in [6, 6.07) is 3.63. The molecule has 0 saturated heterocycles. The lowest BCUT2D eigenvalue weighted by molar-refractivity contribution is 0.0697. The minimum Gasteiger partial charge on any atom is -0.478 e.